The first kappa shape index (κ1) is 16.6. The fourth-order valence-electron chi connectivity index (χ4n) is 2.65. The molecule has 6 nitrogen and oxygen atoms in total. The number of nitrogens with zero attached hydrogens (tertiary/aromatic N) is 1. The predicted octanol–water partition coefficient (Wildman–Crippen LogP) is 1.91. The highest BCUT2D eigenvalue weighted by Gasteiger charge is 2.46. The molecule has 0 bridgehead atoms. The number of hydrogen-bond acceptors (Lipinski definition) is 4. The molecule has 1 atom stereocenters. The van der Waals surface area contributed by atoms with Gasteiger partial charge in [-0.05, 0) is 24.6 Å². The third-order valence-corrected chi connectivity index (χ3v) is 4.23. The van der Waals surface area contributed by atoms with E-state index < -0.39 is 11.4 Å². The summed E-state index contributed by atoms with van der Waals surface area (Å²) in [7, 11) is 2.93. The van der Waals surface area contributed by atoms with E-state index >= 15 is 0 Å². The van der Waals surface area contributed by atoms with Crippen LogP contribution < -0.4 is 4.74 Å². The number of likely N-dealkylation sites (tertiary alicyclic amines) is 1. The topological polar surface area (TPSA) is 76.1 Å². The Balaban J connectivity index is 2.19. The van der Waals surface area contributed by atoms with Gasteiger partial charge in [0.25, 0.3) is 5.91 Å². The molecule has 1 aliphatic heterocycles. The number of carboxylic acids is 1. The van der Waals surface area contributed by atoms with Crippen molar-refractivity contribution in [3.05, 3.63) is 28.8 Å². The van der Waals surface area contributed by atoms with E-state index in [9.17, 15) is 14.7 Å². The summed E-state index contributed by atoms with van der Waals surface area (Å²) in [6, 6.07) is 4.75. The molecule has 1 fully saturated rings. The number of carbonyl (C=O) groups excluding carboxylic acids is 1. The fourth-order valence-corrected chi connectivity index (χ4v) is 2.85. The van der Waals surface area contributed by atoms with E-state index in [1.165, 1.54) is 19.1 Å². The number of ether oxygens (including phenoxy) is 2. The van der Waals surface area contributed by atoms with Crippen LogP contribution in [0.3, 0.4) is 0 Å². The van der Waals surface area contributed by atoms with E-state index in [1.54, 1.807) is 18.2 Å². The average molecular weight is 328 g/mol. The lowest BCUT2D eigenvalue weighted by Crippen LogP contribution is -2.40. The van der Waals surface area contributed by atoms with E-state index in [1.807, 2.05) is 0 Å². The van der Waals surface area contributed by atoms with E-state index in [0.29, 0.717) is 29.3 Å². The number of hydrogen-bond donors (Lipinski definition) is 1. The third-order valence-electron chi connectivity index (χ3n) is 3.91. The van der Waals surface area contributed by atoms with Crippen molar-refractivity contribution in [2.45, 2.75) is 6.42 Å². The van der Waals surface area contributed by atoms with Gasteiger partial charge in [-0.1, -0.05) is 11.6 Å². The van der Waals surface area contributed by atoms with E-state index in [2.05, 4.69) is 0 Å². The smallest absolute Gasteiger partial charge is 0.313 e. The second-order valence-electron chi connectivity index (χ2n) is 5.34. The summed E-state index contributed by atoms with van der Waals surface area (Å²) in [5, 5.41) is 9.84. The molecule has 1 N–H and O–H groups in total. The van der Waals surface area contributed by atoms with Crippen molar-refractivity contribution in [3.63, 3.8) is 0 Å². The van der Waals surface area contributed by atoms with Crippen LogP contribution in [-0.4, -0.2) is 55.8 Å². The molecule has 1 aromatic carbocycles. The minimum Gasteiger partial charge on any atom is -0.495 e. The fraction of sp³-hybridized carbons (Fsp3) is 0.467. The molecular weight excluding hydrogens is 310 g/mol. The first-order valence-electron chi connectivity index (χ1n) is 6.78. The maximum absolute atomic E-state index is 12.5. The first-order valence-corrected chi connectivity index (χ1v) is 7.16. The molecule has 120 valence electrons. The van der Waals surface area contributed by atoms with Crippen LogP contribution in [0.5, 0.6) is 5.75 Å². The number of methoxy groups -OCH3 is 2. The Morgan fingerprint density at radius 2 is 2.14 bits per heavy atom. The van der Waals surface area contributed by atoms with Crippen LogP contribution in [0.1, 0.15) is 16.8 Å². The number of carboxylic acid groups (broad SMARTS) is 1. The lowest BCUT2D eigenvalue weighted by atomic mass is 9.88. The molecule has 22 heavy (non-hydrogen) atoms. The molecule has 2 rings (SSSR count). The van der Waals surface area contributed by atoms with Gasteiger partial charge < -0.3 is 19.5 Å². The van der Waals surface area contributed by atoms with Crippen LogP contribution in [0.4, 0.5) is 0 Å². The highest BCUT2D eigenvalue weighted by Crippen LogP contribution is 2.33. The summed E-state index contributed by atoms with van der Waals surface area (Å²) in [5.74, 6) is -0.777. The molecule has 1 aromatic rings. The van der Waals surface area contributed by atoms with Gasteiger partial charge in [0.2, 0.25) is 0 Å². The maximum Gasteiger partial charge on any atom is 0.313 e. The molecule has 1 saturated heterocycles. The van der Waals surface area contributed by atoms with Crippen LogP contribution in [-0.2, 0) is 9.53 Å². The Kier molecular flexibility index (Phi) is 4.93. The predicted molar refractivity (Wildman–Crippen MR) is 80.5 cm³/mol. The second-order valence-corrected chi connectivity index (χ2v) is 5.75. The zero-order valence-electron chi connectivity index (χ0n) is 12.5. The lowest BCUT2D eigenvalue weighted by Gasteiger charge is -2.24. The molecule has 0 radical (unpaired) electrons. The second kappa shape index (κ2) is 6.54. The van der Waals surface area contributed by atoms with Gasteiger partial charge >= 0.3 is 5.97 Å². The van der Waals surface area contributed by atoms with Crippen molar-refractivity contribution in [1.29, 1.82) is 0 Å². The van der Waals surface area contributed by atoms with Crippen molar-refractivity contribution in [3.8, 4) is 5.75 Å². The number of amides is 1. The molecule has 0 spiro atoms. The minimum atomic E-state index is -1.04. The highest BCUT2D eigenvalue weighted by atomic mass is 35.5. The molecule has 1 unspecified atom stereocenters. The molecule has 1 amide bonds. The number of carbonyl (C=O) groups is 2. The van der Waals surface area contributed by atoms with Gasteiger partial charge in [0.05, 0.1) is 18.7 Å². The Bertz CT molecular complexity index is 591. The maximum atomic E-state index is 12.5. The van der Waals surface area contributed by atoms with Gasteiger partial charge in [0.1, 0.15) is 11.2 Å². The van der Waals surface area contributed by atoms with Crippen LogP contribution in [0.15, 0.2) is 18.2 Å². The van der Waals surface area contributed by atoms with Crippen LogP contribution >= 0.6 is 11.6 Å². The number of rotatable bonds is 5. The normalized spacial score (nSPS) is 21.0. The first-order chi connectivity index (χ1) is 10.4. The Morgan fingerprint density at radius 1 is 1.41 bits per heavy atom. The Morgan fingerprint density at radius 3 is 2.73 bits per heavy atom. The van der Waals surface area contributed by atoms with Crippen molar-refractivity contribution >= 4 is 23.5 Å². The average Bonchev–Trinajstić information content (AvgIpc) is 2.93. The zero-order chi connectivity index (χ0) is 16.3. The van der Waals surface area contributed by atoms with Crippen molar-refractivity contribution in [2.24, 2.45) is 5.41 Å². The quantitative estimate of drug-likeness (QED) is 0.894. The summed E-state index contributed by atoms with van der Waals surface area (Å²) >= 11 is 5.94. The van der Waals surface area contributed by atoms with Gasteiger partial charge in [-0.25, -0.2) is 0 Å². The number of benzene rings is 1. The third kappa shape index (κ3) is 3.03. The van der Waals surface area contributed by atoms with Crippen LogP contribution in [0.25, 0.3) is 0 Å². The van der Waals surface area contributed by atoms with Gasteiger partial charge in [-0.2, -0.15) is 0 Å². The number of aliphatic carboxylic acids is 1. The van der Waals surface area contributed by atoms with E-state index in [-0.39, 0.29) is 19.1 Å². The van der Waals surface area contributed by atoms with Gasteiger partial charge in [0, 0.05) is 25.8 Å². The van der Waals surface area contributed by atoms with Crippen LogP contribution in [0, 0.1) is 5.41 Å². The molecule has 7 heteroatoms. The van der Waals surface area contributed by atoms with Crippen molar-refractivity contribution in [2.75, 3.05) is 33.9 Å². The largest absolute Gasteiger partial charge is 0.495 e. The monoisotopic (exact) mass is 327 g/mol. The van der Waals surface area contributed by atoms with Crippen molar-refractivity contribution in [1.82, 2.24) is 4.90 Å². The van der Waals surface area contributed by atoms with Crippen LogP contribution in [0.2, 0.25) is 5.02 Å². The molecule has 0 aliphatic carbocycles. The van der Waals surface area contributed by atoms with E-state index in [4.69, 9.17) is 21.1 Å². The minimum absolute atomic E-state index is 0.0794. The summed E-state index contributed by atoms with van der Waals surface area (Å²) in [4.78, 5) is 25.6. The highest BCUT2D eigenvalue weighted by molar-refractivity contribution is 6.32. The zero-order valence-corrected chi connectivity index (χ0v) is 13.2. The summed E-state index contributed by atoms with van der Waals surface area (Å²) in [5.41, 5.74) is -0.624. The molecule has 1 aliphatic rings. The van der Waals surface area contributed by atoms with Gasteiger partial charge in [0.15, 0.2) is 0 Å². The number of halogens is 1. The SMILES string of the molecule is COCC1(C(=O)O)CCN(C(=O)c2ccc(Cl)c(OC)c2)C1. The van der Waals surface area contributed by atoms with Crippen molar-refractivity contribution < 1.29 is 24.2 Å². The molecular formula is C15H18ClNO5. The Hall–Kier alpha value is -1.79. The summed E-state index contributed by atoms with van der Waals surface area (Å²) in [6.07, 6.45) is 0.368. The Labute approximate surface area is 133 Å². The molecule has 0 saturated carbocycles. The molecule has 1 heterocycles. The van der Waals surface area contributed by atoms with Gasteiger partial charge in [-0.15, -0.1) is 0 Å². The van der Waals surface area contributed by atoms with E-state index in [0.717, 1.165) is 0 Å². The lowest BCUT2D eigenvalue weighted by molar-refractivity contribution is -0.151. The molecule has 0 aromatic heterocycles. The summed E-state index contributed by atoms with van der Waals surface area (Å²) < 4.78 is 10.1. The van der Waals surface area contributed by atoms with Gasteiger partial charge in [-0.3, -0.25) is 9.59 Å². The summed E-state index contributed by atoms with van der Waals surface area (Å²) in [6.45, 7) is 0.579. The standard InChI is InChI=1S/C15H18ClNO5/c1-21-9-15(14(19)20)5-6-17(8-15)13(18)10-3-4-11(16)12(7-10)22-2/h3-4,7H,5-6,8-9H2,1-2H3,(H,19,20).